The molecule has 0 bridgehead atoms. The number of benzene rings is 2. The Bertz CT molecular complexity index is 1340. The van der Waals surface area contributed by atoms with E-state index < -0.39 is 0 Å². The van der Waals surface area contributed by atoms with Gasteiger partial charge in [-0.25, -0.2) is 0 Å². The lowest BCUT2D eigenvalue weighted by molar-refractivity contribution is 0.565. The molecule has 0 amide bonds. The van der Waals surface area contributed by atoms with E-state index in [4.69, 9.17) is 17.2 Å². The average molecular weight is 532 g/mol. The van der Waals surface area contributed by atoms with Crippen molar-refractivity contribution in [1.82, 2.24) is 14.9 Å². The number of thiocarbonyl (C=S) groups is 1. The van der Waals surface area contributed by atoms with Gasteiger partial charge in [-0.15, -0.1) is 0 Å². The normalized spacial score (nSPS) is 17.8. The lowest BCUT2D eigenvalue weighted by Crippen LogP contribution is -2.29. The quantitative estimate of drug-likeness (QED) is 0.286. The number of hydrogen-bond donors (Lipinski definition) is 1. The molecule has 1 N–H and O–H groups in total. The lowest BCUT2D eigenvalue weighted by Gasteiger charge is -2.28. The zero-order chi connectivity index (χ0) is 24.0. The van der Waals surface area contributed by atoms with Gasteiger partial charge >= 0.3 is 0 Å². The van der Waals surface area contributed by atoms with Crippen molar-refractivity contribution in [1.29, 1.82) is 0 Å². The SMILES string of the molecule is Cc1cccc(C)c1-n1c(C)cc([C@H]2[C@H](c3ccccn3)NC(=S)N2c2ccc(Br)cc2)c1C. The van der Waals surface area contributed by atoms with Gasteiger partial charge in [-0.05, 0) is 99.1 Å². The Morgan fingerprint density at radius 3 is 2.26 bits per heavy atom. The van der Waals surface area contributed by atoms with Crippen LogP contribution in [-0.2, 0) is 0 Å². The maximum absolute atomic E-state index is 5.90. The van der Waals surface area contributed by atoms with E-state index in [2.05, 4.69) is 113 Å². The first-order valence-electron chi connectivity index (χ1n) is 11.4. The maximum Gasteiger partial charge on any atom is 0.174 e. The van der Waals surface area contributed by atoms with Gasteiger partial charge in [-0.1, -0.05) is 40.2 Å². The molecule has 5 rings (SSSR count). The first-order valence-corrected chi connectivity index (χ1v) is 12.6. The number of aromatic nitrogens is 2. The van der Waals surface area contributed by atoms with Gasteiger partial charge in [0.25, 0.3) is 0 Å². The summed E-state index contributed by atoms with van der Waals surface area (Å²) in [6.45, 7) is 8.75. The van der Waals surface area contributed by atoms with E-state index in [9.17, 15) is 0 Å². The Labute approximate surface area is 214 Å². The third-order valence-corrected chi connectivity index (χ3v) is 7.50. The minimum absolute atomic E-state index is 0.0344. The first-order chi connectivity index (χ1) is 16.4. The minimum atomic E-state index is -0.0655. The predicted molar refractivity (Wildman–Crippen MR) is 147 cm³/mol. The summed E-state index contributed by atoms with van der Waals surface area (Å²) in [7, 11) is 0. The molecule has 0 radical (unpaired) electrons. The molecule has 0 unspecified atom stereocenters. The van der Waals surface area contributed by atoms with Crippen LogP contribution in [-0.4, -0.2) is 14.7 Å². The number of nitrogens with one attached hydrogen (secondary N) is 1. The number of pyridine rings is 1. The van der Waals surface area contributed by atoms with E-state index in [0.29, 0.717) is 5.11 Å². The molecule has 2 aromatic heterocycles. The Hall–Kier alpha value is -2.96. The molecule has 1 aliphatic rings. The average Bonchev–Trinajstić information content (AvgIpc) is 3.31. The van der Waals surface area contributed by atoms with Crippen molar-refractivity contribution in [2.45, 2.75) is 39.8 Å². The Morgan fingerprint density at radius 2 is 1.62 bits per heavy atom. The van der Waals surface area contributed by atoms with Crippen LogP contribution in [0.2, 0.25) is 0 Å². The molecule has 2 atom stereocenters. The summed E-state index contributed by atoms with van der Waals surface area (Å²) in [6, 6.07) is 23.1. The molecule has 4 aromatic rings. The molecule has 172 valence electrons. The molecule has 0 aliphatic carbocycles. The highest BCUT2D eigenvalue weighted by Crippen LogP contribution is 2.44. The predicted octanol–water partition coefficient (Wildman–Crippen LogP) is 7.05. The van der Waals surface area contributed by atoms with Gasteiger partial charge in [0.05, 0.1) is 23.5 Å². The van der Waals surface area contributed by atoms with Crippen molar-refractivity contribution in [2.75, 3.05) is 4.90 Å². The van der Waals surface area contributed by atoms with Gasteiger partial charge in [0.15, 0.2) is 5.11 Å². The van der Waals surface area contributed by atoms with Gasteiger partial charge in [0.2, 0.25) is 0 Å². The van der Waals surface area contributed by atoms with E-state index in [-0.39, 0.29) is 12.1 Å². The highest BCUT2D eigenvalue weighted by molar-refractivity contribution is 9.10. The first kappa shape index (κ1) is 22.8. The van der Waals surface area contributed by atoms with E-state index in [1.54, 1.807) is 0 Å². The zero-order valence-corrected chi connectivity index (χ0v) is 22.1. The van der Waals surface area contributed by atoms with Crippen molar-refractivity contribution in [3.05, 3.63) is 111 Å². The highest BCUT2D eigenvalue weighted by Gasteiger charge is 2.42. The van der Waals surface area contributed by atoms with Gasteiger partial charge < -0.3 is 14.8 Å². The monoisotopic (exact) mass is 530 g/mol. The van der Waals surface area contributed by atoms with Crippen LogP contribution in [0.5, 0.6) is 0 Å². The van der Waals surface area contributed by atoms with Gasteiger partial charge in [-0.3, -0.25) is 4.98 Å². The summed E-state index contributed by atoms with van der Waals surface area (Å²) in [4.78, 5) is 6.93. The van der Waals surface area contributed by atoms with Crippen LogP contribution >= 0.6 is 28.1 Å². The number of nitrogens with zero attached hydrogens (tertiary/aromatic N) is 3. The van der Waals surface area contributed by atoms with E-state index >= 15 is 0 Å². The second-order valence-corrected chi connectivity index (χ2v) is 10.2. The standard InChI is InChI=1S/C28H27BrN4S/c1-17-8-7-9-18(2)26(17)32-19(3)16-23(20(32)4)27-25(24-10-5-6-15-30-24)31-28(34)33(27)22-13-11-21(29)12-14-22/h5-16,25,27H,1-4H3,(H,31,34)/t25-,27-/m0/s1. The van der Waals surface area contributed by atoms with Crippen LogP contribution in [0, 0.1) is 27.7 Å². The van der Waals surface area contributed by atoms with Crippen molar-refractivity contribution >= 4 is 38.9 Å². The number of halogens is 1. The van der Waals surface area contributed by atoms with Crippen molar-refractivity contribution in [3.63, 3.8) is 0 Å². The van der Waals surface area contributed by atoms with Gasteiger partial charge in [-0.2, -0.15) is 0 Å². The van der Waals surface area contributed by atoms with Gasteiger partial charge in [0.1, 0.15) is 0 Å². The molecule has 0 saturated carbocycles. The Kier molecular flexibility index (Phi) is 6.04. The van der Waals surface area contributed by atoms with Crippen LogP contribution in [0.4, 0.5) is 5.69 Å². The molecule has 6 heteroatoms. The molecular formula is C28H27BrN4S. The largest absolute Gasteiger partial charge is 0.351 e. The van der Waals surface area contributed by atoms with E-state index in [1.165, 1.54) is 33.8 Å². The number of rotatable bonds is 4. The lowest BCUT2D eigenvalue weighted by atomic mass is 9.96. The number of para-hydroxylation sites is 1. The number of hydrogen-bond acceptors (Lipinski definition) is 2. The second kappa shape index (κ2) is 9.01. The van der Waals surface area contributed by atoms with Crippen molar-refractivity contribution in [2.24, 2.45) is 0 Å². The molecule has 4 nitrogen and oxygen atoms in total. The summed E-state index contributed by atoms with van der Waals surface area (Å²) in [5, 5.41) is 4.28. The fraction of sp³-hybridized carbons (Fsp3) is 0.214. The molecule has 1 fully saturated rings. The summed E-state index contributed by atoms with van der Waals surface area (Å²) in [6.07, 6.45) is 1.85. The summed E-state index contributed by atoms with van der Waals surface area (Å²) < 4.78 is 3.43. The van der Waals surface area contributed by atoms with Crippen LogP contribution in [0.1, 0.15) is 45.9 Å². The number of aryl methyl sites for hydroxylation is 3. The number of anilines is 1. The summed E-state index contributed by atoms with van der Waals surface area (Å²) in [5.41, 5.74) is 9.48. The fourth-order valence-electron chi connectivity index (χ4n) is 5.14. The molecule has 2 aromatic carbocycles. The minimum Gasteiger partial charge on any atom is -0.351 e. The Morgan fingerprint density at radius 1 is 0.912 bits per heavy atom. The third-order valence-electron chi connectivity index (χ3n) is 6.65. The van der Waals surface area contributed by atoms with Crippen LogP contribution < -0.4 is 10.2 Å². The molecule has 1 aliphatic heterocycles. The van der Waals surface area contributed by atoms with Crippen molar-refractivity contribution < 1.29 is 0 Å². The fourth-order valence-corrected chi connectivity index (χ4v) is 5.75. The van der Waals surface area contributed by atoms with Crippen LogP contribution in [0.15, 0.2) is 77.4 Å². The molecule has 34 heavy (non-hydrogen) atoms. The highest BCUT2D eigenvalue weighted by atomic mass is 79.9. The molecule has 1 saturated heterocycles. The second-order valence-electron chi connectivity index (χ2n) is 8.88. The van der Waals surface area contributed by atoms with E-state index in [0.717, 1.165) is 15.9 Å². The molecule has 3 heterocycles. The van der Waals surface area contributed by atoms with Crippen LogP contribution in [0.25, 0.3) is 5.69 Å². The van der Waals surface area contributed by atoms with Crippen molar-refractivity contribution in [3.8, 4) is 5.69 Å². The summed E-state index contributed by atoms with van der Waals surface area (Å²) >= 11 is 9.46. The molecular weight excluding hydrogens is 504 g/mol. The van der Waals surface area contributed by atoms with Crippen LogP contribution in [0.3, 0.4) is 0 Å². The molecule has 0 spiro atoms. The van der Waals surface area contributed by atoms with E-state index in [1.807, 2.05) is 18.3 Å². The third kappa shape index (κ3) is 3.85. The summed E-state index contributed by atoms with van der Waals surface area (Å²) in [5.74, 6) is 0. The maximum atomic E-state index is 5.90. The smallest absolute Gasteiger partial charge is 0.174 e. The van der Waals surface area contributed by atoms with Gasteiger partial charge in [0, 0.05) is 27.7 Å². The Balaban J connectivity index is 1.71. The topological polar surface area (TPSA) is 33.1 Å². The zero-order valence-electron chi connectivity index (χ0n) is 19.7.